The molecular weight excluding hydrogens is 503 g/mol. The molecule has 33 heavy (non-hydrogen) atoms. The Bertz CT molecular complexity index is 1290. The first-order valence-corrected chi connectivity index (χ1v) is 12.9. The summed E-state index contributed by atoms with van der Waals surface area (Å²) in [6.45, 7) is 1.43. The molecule has 180 valence electrons. The summed E-state index contributed by atoms with van der Waals surface area (Å²) in [4.78, 5) is 11.6. The van der Waals surface area contributed by atoms with Crippen LogP contribution in [0, 0.1) is 24.4 Å². The number of benzene rings is 2. The van der Waals surface area contributed by atoms with Crippen molar-refractivity contribution in [2.75, 3.05) is 13.6 Å². The van der Waals surface area contributed by atoms with Crippen molar-refractivity contribution in [1.29, 1.82) is 0 Å². The van der Waals surface area contributed by atoms with Gasteiger partial charge in [-0.05, 0) is 31.5 Å². The summed E-state index contributed by atoms with van der Waals surface area (Å²) in [5.41, 5.74) is 2.94. The van der Waals surface area contributed by atoms with E-state index in [0.717, 1.165) is 12.6 Å². The number of hydrogen-bond donors (Lipinski definition) is 2. The van der Waals surface area contributed by atoms with Gasteiger partial charge >= 0.3 is 0 Å². The molecule has 1 aliphatic rings. The molecule has 1 fully saturated rings. The number of halogens is 3. The van der Waals surface area contributed by atoms with E-state index in [1.807, 2.05) is 0 Å². The third-order valence-electron chi connectivity index (χ3n) is 5.04. The Hall–Kier alpha value is -2.13. The molecule has 0 aliphatic carbocycles. The number of carbonyl (C=O) groups excluding carboxylic acids is 1. The second kappa shape index (κ2) is 9.25. The standard InChI is InChI=1S/C19H20F3N3O5S3/c1-11-3-5-13(6-4-11)32(27,28)24(2)23-19(26)17-7-12(31)10-25(17)33(29,30)18-9-15(21)14(20)8-16(18)22/h3-6,8-9,12,17,31H,7,10H2,1-2H3,(H,23,26)/t12-,17+/m1/s1. The number of aryl methyl sites for hydroxylation is 1. The molecule has 0 bridgehead atoms. The maximum absolute atomic E-state index is 14.2. The van der Waals surface area contributed by atoms with Crippen molar-refractivity contribution in [1.82, 2.24) is 14.1 Å². The van der Waals surface area contributed by atoms with Crippen LogP contribution in [0.15, 0.2) is 46.2 Å². The van der Waals surface area contributed by atoms with Crippen molar-refractivity contribution in [3.05, 3.63) is 59.4 Å². The molecule has 8 nitrogen and oxygen atoms in total. The highest BCUT2D eigenvalue weighted by molar-refractivity contribution is 7.89. The van der Waals surface area contributed by atoms with Gasteiger partial charge in [0.15, 0.2) is 11.6 Å². The van der Waals surface area contributed by atoms with E-state index in [-0.39, 0.29) is 30.0 Å². The van der Waals surface area contributed by atoms with Crippen LogP contribution in [-0.2, 0) is 24.8 Å². The molecule has 3 rings (SSSR count). The molecule has 0 unspecified atom stereocenters. The maximum atomic E-state index is 14.2. The second-order valence-electron chi connectivity index (χ2n) is 7.44. The number of hydrogen-bond acceptors (Lipinski definition) is 6. The van der Waals surface area contributed by atoms with Crippen LogP contribution in [0.3, 0.4) is 0 Å². The number of hydrazine groups is 1. The molecule has 1 saturated heterocycles. The topological polar surface area (TPSA) is 104 Å². The van der Waals surface area contributed by atoms with Gasteiger partial charge in [-0.2, -0.15) is 16.9 Å². The number of rotatable bonds is 6. The molecule has 2 aromatic carbocycles. The molecular formula is C19H20F3N3O5S3. The SMILES string of the molecule is Cc1ccc(S(=O)(=O)N(C)NC(=O)[C@@H]2C[C@@H](S)CN2S(=O)(=O)c2cc(F)c(F)cc2F)cc1. The number of carbonyl (C=O) groups is 1. The summed E-state index contributed by atoms with van der Waals surface area (Å²) in [5.74, 6) is -5.70. The van der Waals surface area contributed by atoms with E-state index in [2.05, 4.69) is 18.1 Å². The fourth-order valence-corrected chi connectivity index (χ4v) is 6.47. The molecule has 0 aromatic heterocycles. The van der Waals surface area contributed by atoms with Crippen molar-refractivity contribution >= 4 is 38.6 Å². The summed E-state index contributed by atoms with van der Waals surface area (Å²) in [6.07, 6.45) is -0.127. The van der Waals surface area contributed by atoms with E-state index in [9.17, 15) is 34.8 Å². The minimum atomic E-state index is -4.79. The lowest BCUT2D eigenvalue weighted by Gasteiger charge is -2.26. The van der Waals surface area contributed by atoms with E-state index < -0.39 is 59.6 Å². The van der Waals surface area contributed by atoms with Crippen molar-refractivity contribution < 1.29 is 34.8 Å². The average Bonchev–Trinajstić information content (AvgIpc) is 3.13. The Morgan fingerprint density at radius 2 is 1.64 bits per heavy atom. The van der Waals surface area contributed by atoms with Crippen molar-refractivity contribution in [2.45, 2.75) is 34.4 Å². The average molecular weight is 524 g/mol. The van der Waals surface area contributed by atoms with E-state index in [1.165, 1.54) is 12.1 Å². The molecule has 1 aliphatic heterocycles. The first-order valence-electron chi connectivity index (χ1n) is 9.45. The van der Waals surface area contributed by atoms with Crippen molar-refractivity contribution in [3.8, 4) is 0 Å². The normalized spacial score (nSPS) is 19.7. The Balaban J connectivity index is 1.88. The van der Waals surface area contributed by atoms with Crippen LogP contribution in [-0.4, -0.2) is 56.3 Å². The quantitative estimate of drug-likeness (QED) is 0.342. The van der Waals surface area contributed by atoms with Crippen LogP contribution in [0.4, 0.5) is 13.2 Å². The lowest BCUT2D eigenvalue weighted by Crippen LogP contribution is -2.52. The molecule has 2 atom stereocenters. The van der Waals surface area contributed by atoms with Gasteiger partial charge < -0.3 is 0 Å². The van der Waals surface area contributed by atoms with Crippen LogP contribution in [0.25, 0.3) is 0 Å². The highest BCUT2D eigenvalue weighted by Gasteiger charge is 2.44. The lowest BCUT2D eigenvalue weighted by atomic mass is 10.2. The Kier molecular flexibility index (Phi) is 7.15. The first-order chi connectivity index (χ1) is 15.2. The van der Waals surface area contributed by atoms with Crippen LogP contribution in [0.5, 0.6) is 0 Å². The van der Waals surface area contributed by atoms with E-state index >= 15 is 0 Å². The van der Waals surface area contributed by atoms with Gasteiger partial charge in [0.1, 0.15) is 16.8 Å². The smallest absolute Gasteiger partial charge is 0.259 e. The van der Waals surface area contributed by atoms with Crippen LogP contribution in [0.1, 0.15) is 12.0 Å². The first kappa shape index (κ1) is 25.5. The van der Waals surface area contributed by atoms with Gasteiger partial charge in [-0.3, -0.25) is 10.2 Å². The van der Waals surface area contributed by atoms with Crippen LogP contribution >= 0.6 is 12.6 Å². The number of thiol groups is 1. The van der Waals surface area contributed by atoms with E-state index in [0.29, 0.717) is 8.72 Å². The Labute approximate surface area is 194 Å². The fraction of sp³-hybridized carbons (Fsp3) is 0.316. The minimum absolute atomic E-state index is 0.0907. The Morgan fingerprint density at radius 1 is 1.06 bits per heavy atom. The molecule has 1 heterocycles. The van der Waals surface area contributed by atoms with Gasteiger partial charge in [0.05, 0.1) is 4.90 Å². The maximum Gasteiger partial charge on any atom is 0.259 e. The summed E-state index contributed by atoms with van der Waals surface area (Å²) in [6, 6.07) is 4.62. The summed E-state index contributed by atoms with van der Waals surface area (Å²) >= 11 is 4.18. The summed E-state index contributed by atoms with van der Waals surface area (Å²) in [7, 11) is -7.88. The van der Waals surface area contributed by atoms with E-state index in [4.69, 9.17) is 0 Å². The predicted octanol–water partition coefficient (Wildman–Crippen LogP) is 1.83. The molecule has 1 amide bonds. The van der Waals surface area contributed by atoms with Gasteiger partial charge in [0.25, 0.3) is 15.9 Å². The zero-order valence-corrected chi connectivity index (χ0v) is 19.9. The molecule has 0 saturated carbocycles. The van der Waals surface area contributed by atoms with E-state index in [1.54, 1.807) is 19.1 Å². The summed E-state index contributed by atoms with van der Waals surface area (Å²) < 4.78 is 93.5. The second-order valence-corrected chi connectivity index (χ2v) is 12.0. The van der Waals surface area contributed by atoms with Crippen LogP contribution in [0.2, 0.25) is 0 Å². The van der Waals surface area contributed by atoms with Gasteiger partial charge in [0, 0.05) is 24.9 Å². The predicted molar refractivity (Wildman–Crippen MR) is 116 cm³/mol. The zero-order chi connectivity index (χ0) is 24.7. The molecule has 1 N–H and O–H groups in total. The highest BCUT2D eigenvalue weighted by Crippen LogP contribution is 2.31. The highest BCUT2D eigenvalue weighted by atomic mass is 32.2. The minimum Gasteiger partial charge on any atom is -0.274 e. The zero-order valence-electron chi connectivity index (χ0n) is 17.4. The molecule has 2 aromatic rings. The van der Waals surface area contributed by atoms with Crippen molar-refractivity contribution in [2.24, 2.45) is 0 Å². The molecule has 0 spiro atoms. The fourth-order valence-electron chi connectivity index (χ4n) is 3.27. The third-order valence-corrected chi connectivity index (χ3v) is 8.99. The van der Waals surface area contributed by atoms with Crippen molar-refractivity contribution in [3.63, 3.8) is 0 Å². The number of nitrogens with one attached hydrogen (secondary N) is 1. The number of amides is 1. The van der Waals surface area contributed by atoms with Gasteiger partial charge in [-0.25, -0.2) is 30.0 Å². The number of nitrogens with zero attached hydrogens (tertiary/aromatic N) is 2. The largest absolute Gasteiger partial charge is 0.274 e. The third kappa shape index (κ3) is 5.04. The summed E-state index contributed by atoms with van der Waals surface area (Å²) in [5, 5.41) is -0.650. The Morgan fingerprint density at radius 3 is 2.24 bits per heavy atom. The van der Waals surface area contributed by atoms with Gasteiger partial charge in [-0.1, -0.05) is 17.7 Å². The number of sulfonamides is 2. The lowest BCUT2D eigenvalue weighted by molar-refractivity contribution is -0.126. The van der Waals surface area contributed by atoms with Gasteiger partial charge in [-0.15, -0.1) is 4.41 Å². The van der Waals surface area contributed by atoms with Crippen LogP contribution < -0.4 is 5.43 Å². The van der Waals surface area contributed by atoms with Gasteiger partial charge in [0.2, 0.25) is 10.0 Å². The monoisotopic (exact) mass is 523 g/mol. The molecule has 14 heteroatoms. The molecule has 0 radical (unpaired) electrons.